The molecule has 0 fully saturated rings. The van der Waals surface area contributed by atoms with Crippen molar-refractivity contribution < 1.29 is 13.9 Å². The van der Waals surface area contributed by atoms with Crippen molar-refractivity contribution in [3.05, 3.63) is 93.1 Å². The van der Waals surface area contributed by atoms with E-state index in [9.17, 15) is 10.1 Å². The predicted molar refractivity (Wildman–Crippen MR) is 154 cm³/mol. The summed E-state index contributed by atoms with van der Waals surface area (Å²) >= 11 is 11.2. The van der Waals surface area contributed by atoms with Crippen LogP contribution in [0.1, 0.15) is 27.2 Å². The van der Waals surface area contributed by atoms with Gasteiger partial charge in [0.2, 0.25) is 0 Å². The van der Waals surface area contributed by atoms with Gasteiger partial charge in [-0.3, -0.25) is 4.79 Å². The maximum absolute atomic E-state index is 12.5. The Labute approximate surface area is 239 Å². The van der Waals surface area contributed by atoms with Crippen LogP contribution in [0, 0.1) is 18.5 Å². The van der Waals surface area contributed by atoms with E-state index in [1.165, 1.54) is 0 Å². The number of amides is 1. The van der Waals surface area contributed by atoms with E-state index in [-0.39, 0.29) is 5.76 Å². The van der Waals surface area contributed by atoms with Gasteiger partial charge in [-0.2, -0.15) is 10.4 Å². The van der Waals surface area contributed by atoms with Crippen LogP contribution in [-0.2, 0) is 6.61 Å². The summed E-state index contributed by atoms with van der Waals surface area (Å²) in [6.45, 7) is 0.295. The average molecular weight is 805 g/mol. The number of carbonyl (C=O) groups is 1. The molecule has 0 unspecified atom stereocenters. The third kappa shape index (κ3) is 5.81. The lowest BCUT2D eigenvalue weighted by molar-refractivity contribution is 0.0929. The second-order valence-electron chi connectivity index (χ2n) is 6.99. The zero-order chi connectivity index (χ0) is 24.2. The lowest BCUT2D eigenvalue weighted by Crippen LogP contribution is -2.16. The van der Waals surface area contributed by atoms with Crippen LogP contribution in [0.15, 0.2) is 73.1 Å². The zero-order valence-electron chi connectivity index (χ0n) is 17.1. The first-order valence-electron chi connectivity index (χ1n) is 9.67. The van der Waals surface area contributed by atoms with Gasteiger partial charge in [0.15, 0.2) is 5.76 Å². The van der Waals surface area contributed by atoms with Gasteiger partial charge < -0.3 is 9.15 Å². The van der Waals surface area contributed by atoms with Crippen LogP contribution >= 0.6 is 77.0 Å². The summed E-state index contributed by atoms with van der Waals surface area (Å²) in [5.41, 5.74) is 5.31. The number of hydrogen-bond acceptors (Lipinski definition) is 5. The SMILES string of the molecule is N#Cc1ccccc1COc1c(I)cc(/C=N\NC(=O)c2cc3cc(Br)cc(Br)c3o2)cc1I. The number of carbonyl (C=O) groups excluding carboxylic acids is 1. The zero-order valence-corrected chi connectivity index (χ0v) is 24.6. The number of furan rings is 1. The summed E-state index contributed by atoms with van der Waals surface area (Å²) in [5, 5.41) is 14.1. The van der Waals surface area contributed by atoms with E-state index in [2.05, 4.69) is 93.6 Å². The Morgan fingerprint density at radius 1 is 1.15 bits per heavy atom. The van der Waals surface area contributed by atoms with E-state index in [4.69, 9.17) is 9.15 Å². The van der Waals surface area contributed by atoms with Crippen LogP contribution in [0.5, 0.6) is 5.75 Å². The molecule has 0 aliphatic rings. The molecule has 0 saturated heterocycles. The Hall–Kier alpha value is -1.95. The minimum atomic E-state index is -0.448. The largest absolute Gasteiger partial charge is 0.487 e. The van der Waals surface area contributed by atoms with Crippen LogP contribution < -0.4 is 10.2 Å². The van der Waals surface area contributed by atoms with E-state index in [0.717, 1.165) is 38.3 Å². The number of rotatable bonds is 6. The third-order valence-corrected chi connectivity index (χ3v) is 7.32. The van der Waals surface area contributed by atoms with E-state index in [0.29, 0.717) is 17.8 Å². The lowest BCUT2D eigenvalue weighted by Gasteiger charge is -2.12. The predicted octanol–water partition coefficient (Wildman–Crippen LogP) is 7.38. The van der Waals surface area contributed by atoms with Gasteiger partial charge in [-0.05, 0) is 103 Å². The maximum atomic E-state index is 12.5. The molecule has 1 heterocycles. The maximum Gasteiger partial charge on any atom is 0.307 e. The fourth-order valence-corrected chi connectivity index (χ4v) is 6.57. The normalized spacial score (nSPS) is 11.0. The molecule has 34 heavy (non-hydrogen) atoms. The van der Waals surface area contributed by atoms with Crippen molar-refractivity contribution in [3.8, 4) is 11.8 Å². The summed E-state index contributed by atoms with van der Waals surface area (Å²) in [6, 6.07) is 18.7. The number of fused-ring (bicyclic) bond motifs is 1. The number of halogens is 4. The summed E-state index contributed by atoms with van der Waals surface area (Å²) < 4.78 is 15.1. The topological polar surface area (TPSA) is 87.6 Å². The van der Waals surface area contributed by atoms with Crippen LogP contribution in [0.2, 0.25) is 0 Å². The summed E-state index contributed by atoms with van der Waals surface area (Å²) in [7, 11) is 0. The molecular weight excluding hydrogens is 792 g/mol. The first kappa shape index (κ1) is 25.2. The number of hydrazone groups is 1. The molecule has 170 valence electrons. The molecule has 0 spiro atoms. The van der Waals surface area contributed by atoms with Crippen molar-refractivity contribution in [2.75, 3.05) is 0 Å². The average Bonchev–Trinajstić information content (AvgIpc) is 3.23. The van der Waals surface area contributed by atoms with Gasteiger partial charge in [-0.15, -0.1) is 0 Å². The molecule has 1 aromatic heterocycles. The summed E-state index contributed by atoms with van der Waals surface area (Å²) in [4.78, 5) is 12.5. The first-order valence-corrected chi connectivity index (χ1v) is 13.4. The number of nitriles is 1. The van der Waals surface area contributed by atoms with Crippen LogP contribution in [0.3, 0.4) is 0 Å². The molecule has 0 aliphatic carbocycles. The standard InChI is InChI=1S/C24H13Br2I2N3O3/c25-17-7-16-8-21(34-22(16)18(26)9-17)24(32)31-30-11-13-5-19(27)23(20(28)6-13)33-12-15-4-2-1-3-14(15)10-29/h1-9,11H,12H2,(H,31,32)/b30-11-. The molecule has 1 N–H and O–H groups in total. The quantitative estimate of drug-likeness (QED) is 0.125. The van der Waals surface area contributed by atoms with Crippen LogP contribution in [0.4, 0.5) is 0 Å². The highest BCUT2D eigenvalue weighted by Gasteiger charge is 2.14. The Morgan fingerprint density at radius 3 is 2.62 bits per heavy atom. The molecule has 3 aromatic carbocycles. The minimum absolute atomic E-state index is 0.163. The van der Waals surface area contributed by atoms with Gasteiger partial charge in [0.05, 0.1) is 29.5 Å². The highest BCUT2D eigenvalue weighted by atomic mass is 127. The number of benzene rings is 3. The summed E-state index contributed by atoms with van der Waals surface area (Å²) in [5.74, 6) is 0.446. The Bertz CT molecular complexity index is 1460. The molecule has 0 saturated carbocycles. The number of nitrogens with one attached hydrogen (secondary N) is 1. The van der Waals surface area contributed by atoms with Crippen molar-refractivity contribution in [2.45, 2.75) is 6.61 Å². The summed E-state index contributed by atoms with van der Waals surface area (Å²) in [6.07, 6.45) is 1.56. The number of ether oxygens (including phenoxy) is 1. The van der Waals surface area contributed by atoms with Gasteiger partial charge in [0, 0.05) is 15.4 Å². The van der Waals surface area contributed by atoms with Gasteiger partial charge in [-0.1, -0.05) is 34.1 Å². The molecule has 0 atom stereocenters. The van der Waals surface area contributed by atoms with Crippen molar-refractivity contribution in [1.29, 1.82) is 5.26 Å². The van der Waals surface area contributed by atoms with Gasteiger partial charge in [-0.25, -0.2) is 5.43 Å². The number of hydrogen-bond donors (Lipinski definition) is 1. The second kappa shape index (κ2) is 11.2. The Balaban J connectivity index is 1.44. The Morgan fingerprint density at radius 2 is 1.88 bits per heavy atom. The third-order valence-electron chi connectivity index (χ3n) is 4.67. The first-order chi connectivity index (χ1) is 16.4. The number of nitrogens with zero attached hydrogens (tertiary/aromatic N) is 2. The minimum Gasteiger partial charge on any atom is -0.487 e. The van der Waals surface area contributed by atoms with Gasteiger partial charge in [0.25, 0.3) is 0 Å². The lowest BCUT2D eigenvalue weighted by atomic mass is 10.1. The van der Waals surface area contributed by atoms with E-state index >= 15 is 0 Å². The fraction of sp³-hybridized carbons (Fsp3) is 0.0417. The highest BCUT2D eigenvalue weighted by molar-refractivity contribution is 14.1. The molecule has 0 bridgehead atoms. The van der Waals surface area contributed by atoms with Gasteiger partial charge in [0.1, 0.15) is 17.9 Å². The monoisotopic (exact) mass is 803 g/mol. The van der Waals surface area contributed by atoms with Crippen molar-refractivity contribution in [2.24, 2.45) is 5.10 Å². The highest BCUT2D eigenvalue weighted by Crippen LogP contribution is 2.31. The molecule has 10 heteroatoms. The molecule has 0 aliphatic heterocycles. The fourth-order valence-electron chi connectivity index (χ4n) is 3.11. The second-order valence-corrected chi connectivity index (χ2v) is 11.1. The van der Waals surface area contributed by atoms with Crippen LogP contribution in [0.25, 0.3) is 11.0 Å². The molecular formula is C24H13Br2I2N3O3. The molecule has 4 aromatic rings. The molecule has 6 nitrogen and oxygen atoms in total. The van der Waals surface area contributed by atoms with Crippen molar-refractivity contribution >= 4 is 100 Å². The van der Waals surface area contributed by atoms with Crippen molar-refractivity contribution in [3.63, 3.8) is 0 Å². The smallest absolute Gasteiger partial charge is 0.307 e. The molecule has 0 radical (unpaired) electrons. The van der Waals surface area contributed by atoms with E-state index in [1.807, 2.05) is 42.5 Å². The van der Waals surface area contributed by atoms with Crippen molar-refractivity contribution in [1.82, 2.24) is 5.43 Å². The molecule has 1 amide bonds. The van der Waals surface area contributed by atoms with Crippen LogP contribution in [-0.4, -0.2) is 12.1 Å². The van der Waals surface area contributed by atoms with E-state index in [1.54, 1.807) is 18.3 Å². The Kier molecular flexibility index (Phi) is 8.28. The molecule has 4 rings (SSSR count). The van der Waals surface area contributed by atoms with E-state index < -0.39 is 5.91 Å². The van der Waals surface area contributed by atoms with Gasteiger partial charge >= 0.3 is 5.91 Å².